The van der Waals surface area contributed by atoms with Crippen LogP contribution in [-0.4, -0.2) is 53.5 Å². The normalized spacial score (nSPS) is 50.4. The maximum Gasteiger partial charge on any atom is 0.0651 e. The molecule has 0 aromatic rings. The molecule has 276 valence electrons. The van der Waals surface area contributed by atoms with Crippen LogP contribution in [0, 0.1) is 59.2 Å². The second-order valence-corrected chi connectivity index (χ2v) is 20.0. The molecule has 4 heteroatoms. The van der Waals surface area contributed by atoms with Crippen LogP contribution in [0.3, 0.4) is 0 Å². The zero-order valence-electron chi connectivity index (χ0n) is 32.0. The Bertz CT molecular complexity index is 1120. The average molecular weight is 673 g/mol. The fraction of sp³-hybridized carbons (Fsp3) is 0.956. The van der Waals surface area contributed by atoms with Gasteiger partial charge in [-0.1, -0.05) is 96.1 Å². The number of nitrogens with zero attached hydrogens (tertiary/aromatic N) is 2. The first-order valence-corrected chi connectivity index (χ1v) is 22.8. The van der Waals surface area contributed by atoms with Gasteiger partial charge in [-0.25, -0.2) is 0 Å². The molecule has 9 rings (SSSR count). The number of allylic oxidation sites excluding steroid dienone is 2. The Morgan fingerprint density at radius 2 is 1.20 bits per heavy atom. The molecule has 0 bridgehead atoms. The second kappa shape index (κ2) is 15.1. The summed E-state index contributed by atoms with van der Waals surface area (Å²) < 4.78 is 0. The third-order valence-corrected chi connectivity index (χ3v) is 17.6. The molecule has 4 nitrogen and oxygen atoms in total. The molecular weight excluding hydrogens is 597 g/mol. The molecule has 0 aromatic carbocycles. The summed E-state index contributed by atoms with van der Waals surface area (Å²) in [6, 6.07) is 2.57. The Hall–Kier alpha value is -0.420. The molecule has 8 fully saturated rings. The van der Waals surface area contributed by atoms with E-state index in [0.29, 0.717) is 18.5 Å². The molecule has 49 heavy (non-hydrogen) atoms. The van der Waals surface area contributed by atoms with Gasteiger partial charge in [-0.05, 0) is 144 Å². The molecule has 9 aliphatic rings. The smallest absolute Gasteiger partial charge is 0.0651 e. The molecule has 7 aliphatic carbocycles. The van der Waals surface area contributed by atoms with E-state index in [1.54, 1.807) is 51.4 Å². The van der Waals surface area contributed by atoms with E-state index in [-0.39, 0.29) is 0 Å². The molecule has 2 N–H and O–H groups in total. The molecule has 0 spiro atoms. The van der Waals surface area contributed by atoms with Crippen LogP contribution in [0.15, 0.2) is 12.2 Å². The van der Waals surface area contributed by atoms with E-state index >= 15 is 0 Å². The van der Waals surface area contributed by atoms with Gasteiger partial charge in [-0.3, -0.25) is 20.4 Å². The number of hydrogen-bond donors (Lipinski definition) is 2. The van der Waals surface area contributed by atoms with Crippen molar-refractivity contribution in [2.75, 3.05) is 7.05 Å². The van der Waals surface area contributed by atoms with E-state index in [1.165, 1.54) is 109 Å². The van der Waals surface area contributed by atoms with Gasteiger partial charge in [-0.15, -0.1) is 0 Å². The molecule has 2 saturated heterocycles. The third kappa shape index (κ3) is 6.69. The molecule has 6 saturated carbocycles. The second-order valence-electron chi connectivity index (χ2n) is 20.0. The Balaban J connectivity index is 1.03. The zero-order valence-corrected chi connectivity index (χ0v) is 32.0. The highest BCUT2D eigenvalue weighted by Gasteiger charge is 2.59. The van der Waals surface area contributed by atoms with Crippen LogP contribution >= 0.6 is 0 Å². The predicted molar refractivity (Wildman–Crippen MR) is 204 cm³/mol. The van der Waals surface area contributed by atoms with Gasteiger partial charge < -0.3 is 0 Å². The van der Waals surface area contributed by atoms with Gasteiger partial charge in [0.15, 0.2) is 0 Å². The molecular formula is C45H76N4. The van der Waals surface area contributed by atoms with Gasteiger partial charge in [0, 0.05) is 24.0 Å². The monoisotopic (exact) mass is 673 g/mol. The lowest BCUT2D eigenvalue weighted by Crippen LogP contribution is -2.74. The van der Waals surface area contributed by atoms with E-state index in [2.05, 4.69) is 46.6 Å². The summed E-state index contributed by atoms with van der Waals surface area (Å²) in [7, 11) is 2.49. The quantitative estimate of drug-likeness (QED) is 0.285. The number of nitrogens with one attached hydrogen (secondary N) is 2. The maximum absolute atomic E-state index is 4.51. The van der Waals surface area contributed by atoms with Crippen molar-refractivity contribution in [3.05, 3.63) is 12.2 Å². The first kappa shape index (κ1) is 34.4. The van der Waals surface area contributed by atoms with Crippen LogP contribution in [0.4, 0.5) is 0 Å². The van der Waals surface area contributed by atoms with Crippen molar-refractivity contribution in [2.45, 2.75) is 204 Å². The van der Waals surface area contributed by atoms with E-state index in [1.807, 2.05) is 0 Å². The number of hydrogen-bond acceptors (Lipinski definition) is 4. The minimum absolute atomic E-state index is 0.473. The SMILES string of the molecule is CC1CCCC(C2NC(C3CCCCC3N3C4CC(C5CCCCC5)CCC4C4C5CCCCC5CCC43)NC(C3CC=CCC3)N2C)C1. The van der Waals surface area contributed by atoms with Crippen molar-refractivity contribution in [3.8, 4) is 0 Å². The maximum atomic E-state index is 4.51. The Labute approximate surface area is 302 Å². The third-order valence-electron chi connectivity index (χ3n) is 17.6. The first-order valence-electron chi connectivity index (χ1n) is 22.8. The lowest BCUT2D eigenvalue weighted by Gasteiger charge is -2.56. The standard InChI is InChI=1S/C45H76N4/c1-30-14-13-20-35(28-30)45-47-43(46-44(48(45)2)33-18-7-4-8-19-33)38-22-11-12-23-39(38)49-40-27-25-32-17-9-10-21-36(32)42(40)37-26-24-34(29-41(37)49)31-15-5-3-6-16-31/h4,7,30-47H,3,5-6,8-29H2,1-2H3. The minimum Gasteiger partial charge on any atom is -0.294 e. The molecule has 2 aliphatic heterocycles. The van der Waals surface area contributed by atoms with Crippen molar-refractivity contribution in [1.82, 2.24) is 20.4 Å². The highest BCUT2D eigenvalue weighted by atomic mass is 15.4. The average Bonchev–Trinajstić information content (AvgIpc) is 3.49. The van der Waals surface area contributed by atoms with E-state index < -0.39 is 0 Å². The molecule has 15 unspecified atom stereocenters. The fourth-order valence-corrected chi connectivity index (χ4v) is 15.5. The van der Waals surface area contributed by atoms with Crippen LogP contribution < -0.4 is 10.6 Å². The van der Waals surface area contributed by atoms with Gasteiger partial charge in [0.1, 0.15) is 0 Å². The summed E-state index contributed by atoms with van der Waals surface area (Å²) in [6.07, 6.45) is 43.6. The van der Waals surface area contributed by atoms with Gasteiger partial charge >= 0.3 is 0 Å². The Morgan fingerprint density at radius 3 is 2.02 bits per heavy atom. The fourth-order valence-electron chi connectivity index (χ4n) is 15.5. The lowest BCUT2D eigenvalue weighted by atomic mass is 9.58. The number of fused-ring (bicyclic) bond motifs is 5. The molecule has 0 amide bonds. The largest absolute Gasteiger partial charge is 0.294 e. The van der Waals surface area contributed by atoms with E-state index in [9.17, 15) is 0 Å². The van der Waals surface area contributed by atoms with Crippen LogP contribution in [0.2, 0.25) is 0 Å². The summed E-state index contributed by atoms with van der Waals surface area (Å²) in [5.41, 5.74) is 0. The van der Waals surface area contributed by atoms with Crippen molar-refractivity contribution in [2.24, 2.45) is 59.2 Å². The van der Waals surface area contributed by atoms with Gasteiger partial charge in [0.2, 0.25) is 0 Å². The minimum atomic E-state index is 0.473. The van der Waals surface area contributed by atoms with Crippen LogP contribution in [0.1, 0.15) is 167 Å². The van der Waals surface area contributed by atoms with Crippen molar-refractivity contribution in [1.29, 1.82) is 0 Å². The van der Waals surface area contributed by atoms with Crippen LogP contribution in [-0.2, 0) is 0 Å². The van der Waals surface area contributed by atoms with E-state index in [4.69, 9.17) is 0 Å². The Kier molecular flexibility index (Phi) is 10.6. The predicted octanol–water partition coefficient (Wildman–Crippen LogP) is 10.1. The number of likely N-dealkylation sites (tertiary alicyclic amines) is 1. The highest BCUT2D eigenvalue weighted by Crippen LogP contribution is 2.59. The van der Waals surface area contributed by atoms with E-state index in [0.717, 1.165) is 77.3 Å². The molecule has 0 aromatic heterocycles. The highest BCUT2D eigenvalue weighted by molar-refractivity contribution is 5.12. The van der Waals surface area contributed by atoms with Crippen LogP contribution in [0.25, 0.3) is 0 Å². The van der Waals surface area contributed by atoms with Crippen molar-refractivity contribution in [3.63, 3.8) is 0 Å². The van der Waals surface area contributed by atoms with Gasteiger partial charge in [-0.2, -0.15) is 0 Å². The van der Waals surface area contributed by atoms with Crippen LogP contribution in [0.5, 0.6) is 0 Å². The van der Waals surface area contributed by atoms with Crippen molar-refractivity contribution < 1.29 is 0 Å². The summed E-state index contributed by atoms with van der Waals surface area (Å²) in [5, 5.41) is 8.99. The summed E-state index contributed by atoms with van der Waals surface area (Å²) in [4.78, 5) is 6.25. The zero-order chi connectivity index (χ0) is 32.9. The summed E-state index contributed by atoms with van der Waals surface area (Å²) in [5.74, 6) is 9.42. The molecule has 15 atom stereocenters. The summed E-state index contributed by atoms with van der Waals surface area (Å²) in [6.45, 7) is 2.54. The molecule has 2 heterocycles. The Morgan fingerprint density at radius 1 is 0.490 bits per heavy atom. The summed E-state index contributed by atoms with van der Waals surface area (Å²) >= 11 is 0. The number of rotatable bonds is 5. The molecule has 0 radical (unpaired) electrons. The topological polar surface area (TPSA) is 30.5 Å². The van der Waals surface area contributed by atoms with Gasteiger partial charge in [0.25, 0.3) is 0 Å². The van der Waals surface area contributed by atoms with Gasteiger partial charge in [0.05, 0.1) is 18.5 Å². The van der Waals surface area contributed by atoms with Crippen molar-refractivity contribution >= 4 is 0 Å². The lowest BCUT2D eigenvalue weighted by molar-refractivity contribution is -0.0674. The first-order chi connectivity index (χ1) is 24.1.